The fraction of sp³-hybridized carbons (Fsp3) is 0.417. The van der Waals surface area contributed by atoms with Crippen molar-refractivity contribution >= 4 is 34.8 Å². The second kappa shape index (κ2) is 5.35. The Morgan fingerprint density at radius 3 is 2.63 bits per heavy atom. The third-order valence-electron chi connectivity index (χ3n) is 3.36. The van der Waals surface area contributed by atoms with E-state index in [1.807, 2.05) is 0 Å². The minimum atomic E-state index is -0.616. The van der Waals surface area contributed by atoms with Crippen LogP contribution in [0.2, 0.25) is 5.02 Å². The van der Waals surface area contributed by atoms with Crippen molar-refractivity contribution in [1.29, 1.82) is 0 Å². The third kappa shape index (κ3) is 2.67. The van der Waals surface area contributed by atoms with Gasteiger partial charge in [-0.05, 0) is 25.3 Å². The Labute approximate surface area is 120 Å². The molecule has 1 aromatic carbocycles. The molecule has 5 nitrogen and oxygen atoms in total. The number of nitro benzene ring substituents is 1. The number of amides is 1. The Hall–Kier alpha value is -1.33. The molecule has 1 amide bonds. The number of rotatable bonds is 4. The molecule has 7 heteroatoms. The van der Waals surface area contributed by atoms with Gasteiger partial charge in [0.2, 0.25) is 0 Å². The van der Waals surface area contributed by atoms with Crippen molar-refractivity contribution < 1.29 is 9.72 Å². The van der Waals surface area contributed by atoms with Crippen LogP contribution in [0.1, 0.15) is 29.6 Å². The molecule has 0 unspecified atom stereocenters. The minimum Gasteiger partial charge on any atom is -0.345 e. The second-order valence-electron chi connectivity index (χ2n) is 4.61. The summed E-state index contributed by atoms with van der Waals surface area (Å²) >= 11 is 11.8. The number of nitro groups is 1. The van der Waals surface area contributed by atoms with E-state index in [2.05, 4.69) is 5.32 Å². The Morgan fingerprint density at radius 2 is 2.16 bits per heavy atom. The van der Waals surface area contributed by atoms with E-state index < -0.39 is 16.4 Å². The zero-order valence-corrected chi connectivity index (χ0v) is 11.5. The van der Waals surface area contributed by atoms with Gasteiger partial charge in [0.15, 0.2) is 0 Å². The molecule has 1 aromatic rings. The predicted molar refractivity (Wildman–Crippen MR) is 72.9 cm³/mol. The van der Waals surface area contributed by atoms with Gasteiger partial charge in [0.1, 0.15) is 5.56 Å². The first-order valence-corrected chi connectivity index (χ1v) is 6.72. The van der Waals surface area contributed by atoms with E-state index in [1.165, 1.54) is 18.2 Å². The number of hydrogen-bond acceptors (Lipinski definition) is 3. The first kappa shape index (κ1) is 14.1. The summed E-state index contributed by atoms with van der Waals surface area (Å²) in [6.07, 6.45) is 2.54. The molecule has 0 bridgehead atoms. The topological polar surface area (TPSA) is 72.2 Å². The van der Waals surface area contributed by atoms with Crippen molar-refractivity contribution in [1.82, 2.24) is 5.32 Å². The molecule has 0 heterocycles. The largest absolute Gasteiger partial charge is 0.345 e. The van der Waals surface area contributed by atoms with Gasteiger partial charge >= 0.3 is 0 Å². The van der Waals surface area contributed by atoms with Crippen LogP contribution in [0.15, 0.2) is 18.2 Å². The fourth-order valence-corrected chi connectivity index (χ4v) is 2.68. The van der Waals surface area contributed by atoms with Gasteiger partial charge in [-0.3, -0.25) is 14.9 Å². The summed E-state index contributed by atoms with van der Waals surface area (Å²) in [5.74, 6) is -0.255. The molecule has 1 fully saturated rings. The number of alkyl halides is 1. The lowest BCUT2D eigenvalue weighted by Crippen LogP contribution is -2.55. The van der Waals surface area contributed by atoms with Crippen LogP contribution in [0.3, 0.4) is 0 Å². The summed E-state index contributed by atoms with van der Waals surface area (Å²) < 4.78 is 0. The highest BCUT2D eigenvalue weighted by atomic mass is 35.5. The number of nitrogens with zero attached hydrogens (tertiary/aromatic N) is 1. The average Bonchev–Trinajstić information content (AvgIpc) is 2.33. The van der Waals surface area contributed by atoms with Crippen LogP contribution in [0, 0.1) is 10.1 Å². The highest BCUT2D eigenvalue weighted by Crippen LogP contribution is 2.34. The number of nitrogens with one attached hydrogen (secondary N) is 1. The van der Waals surface area contributed by atoms with Gasteiger partial charge in [0.05, 0.1) is 15.5 Å². The molecule has 2 rings (SSSR count). The number of carbonyl (C=O) groups is 1. The van der Waals surface area contributed by atoms with Crippen molar-refractivity contribution in [2.45, 2.75) is 24.8 Å². The molecule has 0 radical (unpaired) electrons. The first-order valence-electron chi connectivity index (χ1n) is 5.80. The molecule has 0 aliphatic heterocycles. The Balaban J connectivity index is 2.31. The summed E-state index contributed by atoms with van der Waals surface area (Å²) in [6, 6.07) is 4.16. The molecule has 0 aromatic heterocycles. The summed E-state index contributed by atoms with van der Waals surface area (Å²) in [4.78, 5) is 22.5. The van der Waals surface area contributed by atoms with Gasteiger partial charge in [0, 0.05) is 11.9 Å². The number of hydrogen-bond donors (Lipinski definition) is 1. The van der Waals surface area contributed by atoms with Gasteiger partial charge in [-0.1, -0.05) is 17.7 Å². The lowest BCUT2D eigenvalue weighted by molar-refractivity contribution is -0.385. The minimum absolute atomic E-state index is 0.0655. The Kier molecular flexibility index (Phi) is 3.96. The molecule has 0 spiro atoms. The van der Waals surface area contributed by atoms with Gasteiger partial charge in [-0.15, -0.1) is 11.6 Å². The molecule has 1 saturated carbocycles. The van der Waals surface area contributed by atoms with Gasteiger partial charge in [0.25, 0.3) is 11.6 Å². The van der Waals surface area contributed by atoms with Gasteiger partial charge < -0.3 is 5.32 Å². The SMILES string of the molecule is O=C(NC1(CCl)CCC1)c1c(Cl)cccc1[N+](=O)[O-]. The summed E-state index contributed by atoms with van der Waals surface area (Å²) in [5.41, 5.74) is -0.856. The highest BCUT2D eigenvalue weighted by Gasteiger charge is 2.39. The monoisotopic (exact) mass is 302 g/mol. The van der Waals surface area contributed by atoms with Crippen molar-refractivity contribution in [2.75, 3.05) is 5.88 Å². The number of halogens is 2. The lowest BCUT2D eigenvalue weighted by atomic mass is 9.78. The van der Waals surface area contributed by atoms with Crippen LogP contribution in [0.4, 0.5) is 5.69 Å². The normalized spacial score (nSPS) is 16.5. The lowest BCUT2D eigenvalue weighted by Gasteiger charge is -2.40. The fourth-order valence-electron chi connectivity index (χ4n) is 2.09. The zero-order chi connectivity index (χ0) is 14.0. The van der Waals surface area contributed by atoms with Crippen molar-refractivity contribution in [2.24, 2.45) is 0 Å². The second-order valence-corrected chi connectivity index (χ2v) is 5.29. The molecule has 102 valence electrons. The van der Waals surface area contributed by atoms with Gasteiger partial charge in [-0.25, -0.2) is 0 Å². The Morgan fingerprint density at radius 1 is 1.47 bits per heavy atom. The van der Waals surface area contributed by atoms with E-state index in [0.717, 1.165) is 19.3 Å². The van der Waals surface area contributed by atoms with Crippen LogP contribution in [0.25, 0.3) is 0 Å². The van der Waals surface area contributed by atoms with E-state index in [0.29, 0.717) is 0 Å². The third-order valence-corrected chi connectivity index (χ3v) is 4.19. The summed E-state index contributed by atoms with van der Waals surface area (Å²) in [6.45, 7) is 0. The average molecular weight is 303 g/mol. The van der Waals surface area contributed by atoms with E-state index in [9.17, 15) is 14.9 Å². The van der Waals surface area contributed by atoms with Crippen molar-refractivity contribution in [3.8, 4) is 0 Å². The molecular formula is C12H12Cl2N2O3. The maximum absolute atomic E-state index is 12.2. The zero-order valence-electron chi connectivity index (χ0n) is 9.99. The van der Waals surface area contributed by atoms with Crippen LogP contribution >= 0.6 is 23.2 Å². The van der Waals surface area contributed by atoms with Crippen molar-refractivity contribution in [3.63, 3.8) is 0 Å². The van der Waals surface area contributed by atoms with Crippen LogP contribution in [0.5, 0.6) is 0 Å². The van der Waals surface area contributed by atoms with Crippen molar-refractivity contribution in [3.05, 3.63) is 38.9 Å². The van der Waals surface area contributed by atoms with Crippen LogP contribution in [-0.2, 0) is 0 Å². The standard InChI is InChI=1S/C12H12Cl2N2O3/c13-7-12(5-2-6-12)15-11(17)10-8(14)3-1-4-9(10)16(18)19/h1,3-4H,2,5-7H2,(H,15,17). The van der Waals surface area contributed by atoms with Gasteiger partial charge in [-0.2, -0.15) is 0 Å². The maximum Gasteiger partial charge on any atom is 0.283 e. The molecule has 19 heavy (non-hydrogen) atoms. The van der Waals surface area contributed by atoms with Crippen LogP contribution in [-0.4, -0.2) is 22.2 Å². The van der Waals surface area contributed by atoms with E-state index in [4.69, 9.17) is 23.2 Å². The first-order chi connectivity index (χ1) is 8.99. The molecule has 1 N–H and O–H groups in total. The van der Waals surface area contributed by atoms with E-state index >= 15 is 0 Å². The molecule has 0 saturated heterocycles. The molecule has 0 atom stereocenters. The molecular weight excluding hydrogens is 291 g/mol. The molecule has 1 aliphatic carbocycles. The highest BCUT2D eigenvalue weighted by molar-refractivity contribution is 6.34. The summed E-state index contributed by atoms with van der Waals surface area (Å²) in [7, 11) is 0. The number of benzene rings is 1. The Bertz CT molecular complexity index is 524. The number of carbonyl (C=O) groups excluding carboxylic acids is 1. The summed E-state index contributed by atoms with van der Waals surface area (Å²) in [5, 5.41) is 13.8. The maximum atomic E-state index is 12.2. The van der Waals surface area contributed by atoms with E-state index in [-0.39, 0.29) is 22.2 Å². The quantitative estimate of drug-likeness (QED) is 0.527. The van der Waals surface area contributed by atoms with Crippen LogP contribution < -0.4 is 5.32 Å². The predicted octanol–water partition coefficient (Wildman–Crippen LogP) is 3.14. The smallest absolute Gasteiger partial charge is 0.283 e. The molecule has 1 aliphatic rings. The van der Waals surface area contributed by atoms with E-state index in [1.54, 1.807) is 0 Å².